The quantitative estimate of drug-likeness (QED) is 0.684. The van der Waals surface area contributed by atoms with Crippen molar-refractivity contribution >= 4 is 21.6 Å². The van der Waals surface area contributed by atoms with E-state index in [2.05, 4.69) is 4.72 Å². The van der Waals surface area contributed by atoms with Crippen LogP contribution >= 0.6 is 11.6 Å². The number of alkyl halides is 1. The van der Waals surface area contributed by atoms with Crippen molar-refractivity contribution in [2.75, 3.05) is 18.2 Å². The summed E-state index contributed by atoms with van der Waals surface area (Å²) < 4.78 is 31.2. The Morgan fingerprint density at radius 3 is 2.38 bits per heavy atom. The number of sulfonamides is 1. The number of hydrogen-bond donors (Lipinski definition) is 1. The Labute approximate surface area is 104 Å². The second-order valence-corrected chi connectivity index (χ2v) is 6.50. The first-order valence-corrected chi connectivity index (χ1v) is 7.62. The summed E-state index contributed by atoms with van der Waals surface area (Å²) in [6.07, 6.45) is 0.696. The lowest BCUT2D eigenvalue weighted by Gasteiger charge is -2.26. The second kappa shape index (κ2) is 6.79. The molecule has 1 atom stereocenters. The molecule has 0 aromatic carbocycles. The predicted molar refractivity (Wildman–Crippen MR) is 67.4 cm³/mol. The molecular weight excluding hydrogens is 250 g/mol. The van der Waals surface area contributed by atoms with Gasteiger partial charge in [-0.2, -0.15) is 0 Å². The Hall–Kier alpha value is 0.160. The Morgan fingerprint density at radius 1 is 1.44 bits per heavy atom. The van der Waals surface area contributed by atoms with Gasteiger partial charge in [-0.25, -0.2) is 13.1 Å². The van der Waals surface area contributed by atoms with Crippen molar-refractivity contribution in [3.63, 3.8) is 0 Å². The van der Waals surface area contributed by atoms with Crippen LogP contribution < -0.4 is 4.72 Å². The molecule has 0 aromatic rings. The van der Waals surface area contributed by atoms with Crippen molar-refractivity contribution in [2.24, 2.45) is 0 Å². The normalized spacial score (nSPS) is 16.4. The molecule has 4 nitrogen and oxygen atoms in total. The minimum atomic E-state index is -3.32. The van der Waals surface area contributed by atoms with E-state index >= 15 is 0 Å². The SMILES string of the molecule is CCC(C)(CCl)NS(=O)(=O)CCOC(C)C. The summed E-state index contributed by atoms with van der Waals surface area (Å²) in [6.45, 7) is 7.63. The highest BCUT2D eigenvalue weighted by Gasteiger charge is 2.26. The maximum absolute atomic E-state index is 11.7. The molecular formula is C10H22ClNO3S. The number of hydrogen-bond acceptors (Lipinski definition) is 3. The first-order chi connectivity index (χ1) is 7.24. The number of nitrogens with one attached hydrogen (secondary N) is 1. The Balaban J connectivity index is 4.24. The van der Waals surface area contributed by atoms with Gasteiger partial charge in [0.1, 0.15) is 0 Å². The van der Waals surface area contributed by atoms with E-state index in [1.165, 1.54) is 0 Å². The molecule has 0 radical (unpaired) electrons. The van der Waals surface area contributed by atoms with E-state index in [0.717, 1.165) is 0 Å². The largest absolute Gasteiger partial charge is 0.378 e. The number of halogens is 1. The molecule has 16 heavy (non-hydrogen) atoms. The van der Waals surface area contributed by atoms with Crippen LogP contribution in [0.25, 0.3) is 0 Å². The standard InChI is InChI=1S/C10H22ClNO3S/c1-5-10(4,8-11)12-16(13,14)7-6-15-9(2)3/h9,12H,5-8H2,1-4H3. The van der Waals surface area contributed by atoms with E-state index < -0.39 is 15.6 Å². The fraction of sp³-hybridized carbons (Fsp3) is 1.00. The number of rotatable bonds is 8. The van der Waals surface area contributed by atoms with Crippen LogP contribution in [0, 0.1) is 0 Å². The van der Waals surface area contributed by atoms with Crippen LogP contribution in [0.1, 0.15) is 34.1 Å². The maximum atomic E-state index is 11.7. The van der Waals surface area contributed by atoms with Crippen LogP contribution in [0.15, 0.2) is 0 Å². The van der Waals surface area contributed by atoms with Crippen LogP contribution in [0.4, 0.5) is 0 Å². The zero-order valence-corrected chi connectivity index (χ0v) is 12.0. The summed E-state index contributed by atoms with van der Waals surface area (Å²) in [6, 6.07) is 0. The van der Waals surface area contributed by atoms with Gasteiger partial charge in [-0.15, -0.1) is 11.6 Å². The Bertz CT molecular complexity index is 286. The highest BCUT2D eigenvalue weighted by atomic mass is 35.5. The van der Waals surface area contributed by atoms with Crippen molar-refractivity contribution in [3.05, 3.63) is 0 Å². The van der Waals surface area contributed by atoms with Gasteiger partial charge in [-0.3, -0.25) is 0 Å². The van der Waals surface area contributed by atoms with E-state index in [4.69, 9.17) is 16.3 Å². The molecule has 0 aliphatic carbocycles. The molecule has 0 rings (SSSR count). The van der Waals surface area contributed by atoms with Crippen LogP contribution in [0.3, 0.4) is 0 Å². The molecule has 0 spiro atoms. The van der Waals surface area contributed by atoms with E-state index in [0.29, 0.717) is 6.42 Å². The predicted octanol–water partition coefficient (Wildman–Crippen LogP) is 1.74. The van der Waals surface area contributed by atoms with Gasteiger partial charge in [0.2, 0.25) is 10.0 Å². The summed E-state index contributed by atoms with van der Waals surface area (Å²) in [5, 5.41) is 0. The third kappa shape index (κ3) is 6.68. The van der Waals surface area contributed by atoms with Gasteiger partial charge < -0.3 is 4.74 Å². The Morgan fingerprint density at radius 2 is 2.00 bits per heavy atom. The van der Waals surface area contributed by atoms with E-state index in [9.17, 15) is 8.42 Å². The lowest BCUT2D eigenvalue weighted by molar-refractivity contribution is 0.0910. The molecule has 98 valence electrons. The molecule has 6 heteroatoms. The minimum absolute atomic E-state index is 0.0301. The molecule has 0 aliphatic rings. The number of ether oxygens (including phenoxy) is 1. The Kier molecular flexibility index (Phi) is 6.86. The summed E-state index contributed by atoms with van der Waals surface area (Å²) in [4.78, 5) is 0. The van der Waals surface area contributed by atoms with Crippen LogP contribution in [0.5, 0.6) is 0 Å². The summed E-state index contributed by atoms with van der Waals surface area (Å²) in [5.41, 5.74) is -0.571. The molecule has 1 unspecified atom stereocenters. The van der Waals surface area contributed by atoms with Crippen LogP contribution in [0.2, 0.25) is 0 Å². The summed E-state index contributed by atoms with van der Waals surface area (Å²) in [7, 11) is -3.32. The molecule has 0 aliphatic heterocycles. The van der Waals surface area contributed by atoms with Gasteiger partial charge in [-0.05, 0) is 27.2 Å². The first kappa shape index (κ1) is 16.2. The lowest BCUT2D eigenvalue weighted by Crippen LogP contribution is -2.48. The van der Waals surface area contributed by atoms with Crippen LogP contribution in [-0.2, 0) is 14.8 Å². The molecule has 0 saturated heterocycles. The zero-order valence-electron chi connectivity index (χ0n) is 10.4. The van der Waals surface area contributed by atoms with Gasteiger partial charge in [0.25, 0.3) is 0 Å². The third-order valence-electron chi connectivity index (χ3n) is 2.28. The van der Waals surface area contributed by atoms with Crippen LogP contribution in [-0.4, -0.2) is 38.3 Å². The van der Waals surface area contributed by atoms with E-state index in [1.54, 1.807) is 6.92 Å². The smallest absolute Gasteiger partial charge is 0.214 e. The van der Waals surface area contributed by atoms with Gasteiger partial charge in [0, 0.05) is 11.4 Å². The summed E-state index contributed by atoms with van der Waals surface area (Å²) >= 11 is 5.74. The molecule has 0 fully saturated rings. The average molecular weight is 272 g/mol. The van der Waals surface area contributed by atoms with Gasteiger partial charge in [0.05, 0.1) is 18.5 Å². The van der Waals surface area contributed by atoms with Crippen molar-refractivity contribution in [2.45, 2.75) is 45.8 Å². The van der Waals surface area contributed by atoms with Crippen molar-refractivity contribution in [1.82, 2.24) is 4.72 Å². The third-order valence-corrected chi connectivity index (χ3v) is 4.38. The molecule has 1 N–H and O–H groups in total. The summed E-state index contributed by atoms with van der Waals surface area (Å²) in [5.74, 6) is 0.228. The molecule has 0 amide bonds. The van der Waals surface area contributed by atoms with Crippen molar-refractivity contribution in [3.8, 4) is 0 Å². The fourth-order valence-corrected chi connectivity index (χ4v) is 2.73. The monoisotopic (exact) mass is 271 g/mol. The second-order valence-electron chi connectivity index (χ2n) is 4.39. The average Bonchev–Trinajstić information content (AvgIpc) is 2.16. The van der Waals surface area contributed by atoms with E-state index in [-0.39, 0.29) is 24.3 Å². The van der Waals surface area contributed by atoms with Crippen molar-refractivity contribution < 1.29 is 13.2 Å². The molecule has 0 saturated carbocycles. The van der Waals surface area contributed by atoms with Gasteiger partial charge >= 0.3 is 0 Å². The maximum Gasteiger partial charge on any atom is 0.214 e. The zero-order chi connectivity index (χ0) is 12.8. The molecule has 0 heterocycles. The highest BCUT2D eigenvalue weighted by molar-refractivity contribution is 7.89. The fourth-order valence-electron chi connectivity index (χ4n) is 1.01. The van der Waals surface area contributed by atoms with Crippen molar-refractivity contribution in [1.29, 1.82) is 0 Å². The lowest BCUT2D eigenvalue weighted by atomic mass is 10.0. The van der Waals surface area contributed by atoms with Gasteiger partial charge in [-0.1, -0.05) is 6.92 Å². The van der Waals surface area contributed by atoms with E-state index in [1.807, 2.05) is 20.8 Å². The first-order valence-electron chi connectivity index (χ1n) is 5.44. The molecule has 0 aromatic heterocycles. The molecule has 0 bridgehead atoms. The van der Waals surface area contributed by atoms with Gasteiger partial charge in [0.15, 0.2) is 0 Å². The minimum Gasteiger partial charge on any atom is -0.378 e. The highest BCUT2D eigenvalue weighted by Crippen LogP contribution is 2.12. The topological polar surface area (TPSA) is 55.4 Å².